The number of nitrogens with one attached hydrogen (secondary N) is 1. The van der Waals surface area contributed by atoms with Crippen molar-refractivity contribution >= 4 is 11.0 Å². The number of rotatable bonds is 3. The van der Waals surface area contributed by atoms with E-state index < -0.39 is 17.8 Å². The molecule has 0 amide bonds. The molecule has 0 saturated heterocycles. The van der Waals surface area contributed by atoms with Gasteiger partial charge in [0.2, 0.25) is 0 Å². The molecule has 150 valence electrons. The lowest BCUT2D eigenvalue weighted by Gasteiger charge is -2.32. The van der Waals surface area contributed by atoms with Gasteiger partial charge in [-0.1, -0.05) is 39.8 Å². The van der Waals surface area contributed by atoms with Gasteiger partial charge >= 0.3 is 6.18 Å². The minimum absolute atomic E-state index is 0.259. The van der Waals surface area contributed by atoms with Gasteiger partial charge in [0.15, 0.2) is 5.65 Å². The number of halogens is 3. The molecule has 0 aliphatic heterocycles. The van der Waals surface area contributed by atoms with Gasteiger partial charge in [0.05, 0.1) is 17.3 Å². The summed E-state index contributed by atoms with van der Waals surface area (Å²) in [7, 11) is 0. The molecule has 3 rings (SSSR count). The van der Waals surface area contributed by atoms with E-state index in [1.807, 2.05) is 27.7 Å². The highest BCUT2D eigenvalue weighted by atomic mass is 19.4. The quantitative estimate of drug-likeness (QED) is 0.706. The van der Waals surface area contributed by atoms with Crippen LogP contribution in [0, 0.1) is 12.3 Å². The first-order valence-corrected chi connectivity index (χ1v) is 9.08. The molecule has 8 heteroatoms. The van der Waals surface area contributed by atoms with E-state index in [4.69, 9.17) is 0 Å². The van der Waals surface area contributed by atoms with Gasteiger partial charge < -0.3 is 4.98 Å². The van der Waals surface area contributed by atoms with Crippen LogP contribution in [0.2, 0.25) is 0 Å². The molecule has 0 radical (unpaired) electrons. The average molecular weight is 392 g/mol. The Morgan fingerprint density at radius 1 is 1.14 bits per heavy atom. The molecule has 0 aliphatic rings. The van der Waals surface area contributed by atoms with E-state index in [-0.39, 0.29) is 11.0 Å². The zero-order chi connectivity index (χ0) is 20.9. The van der Waals surface area contributed by atoms with Crippen molar-refractivity contribution in [2.24, 2.45) is 5.41 Å². The summed E-state index contributed by atoms with van der Waals surface area (Å²) in [6.07, 6.45) is -3.85. The Balaban J connectivity index is 2.26. The molecule has 28 heavy (non-hydrogen) atoms. The number of nitrogens with zero attached hydrogens (tertiary/aromatic N) is 3. The summed E-state index contributed by atoms with van der Waals surface area (Å²) in [5.74, 6) is 0.460. The Hall–Kier alpha value is -2.64. The molecule has 1 N–H and O–H groups in total. The lowest BCUT2D eigenvalue weighted by molar-refractivity contribution is -0.137. The molecule has 0 fully saturated rings. The van der Waals surface area contributed by atoms with Gasteiger partial charge in [-0.3, -0.25) is 4.79 Å². The number of aromatic amines is 1. The molecule has 0 spiro atoms. The van der Waals surface area contributed by atoms with Gasteiger partial charge in [-0.2, -0.15) is 18.3 Å². The molecule has 0 aliphatic carbocycles. The van der Waals surface area contributed by atoms with Crippen LogP contribution < -0.4 is 5.56 Å². The molecule has 3 aromatic rings. The number of aryl methyl sites for hydroxylation is 2. The largest absolute Gasteiger partial charge is 0.416 e. The van der Waals surface area contributed by atoms with E-state index in [1.54, 1.807) is 11.6 Å². The Morgan fingerprint density at radius 2 is 1.75 bits per heavy atom. The molecular formula is C20H23F3N4O. The number of H-pyrrole nitrogens is 1. The second-order valence-electron chi connectivity index (χ2n) is 7.98. The van der Waals surface area contributed by atoms with Crippen LogP contribution in [-0.2, 0) is 12.6 Å². The van der Waals surface area contributed by atoms with Crippen molar-refractivity contribution in [3.05, 3.63) is 57.3 Å². The number of hydrogen-bond acceptors (Lipinski definition) is 3. The second-order valence-corrected chi connectivity index (χ2v) is 7.98. The van der Waals surface area contributed by atoms with Gasteiger partial charge in [0, 0.05) is 0 Å². The van der Waals surface area contributed by atoms with Crippen LogP contribution >= 0.6 is 0 Å². The summed E-state index contributed by atoms with van der Waals surface area (Å²) in [5.41, 5.74) is 0.386. The Kier molecular flexibility index (Phi) is 4.85. The van der Waals surface area contributed by atoms with Crippen LogP contribution in [-0.4, -0.2) is 19.7 Å². The van der Waals surface area contributed by atoms with Crippen LogP contribution in [0.1, 0.15) is 56.4 Å². The topological polar surface area (TPSA) is 63.6 Å². The highest BCUT2D eigenvalue weighted by Crippen LogP contribution is 2.39. The number of alkyl halides is 3. The van der Waals surface area contributed by atoms with Crippen molar-refractivity contribution in [2.45, 2.75) is 53.3 Å². The third-order valence-electron chi connectivity index (χ3n) is 4.71. The maximum absolute atomic E-state index is 13.0. The Labute approximate surface area is 160 Å². The fourth-order valence-electron chi connectivity index (χ4n) is 3.51. The fourth-order valence-corrected chi connectivity index (χ4v) is 3.51. The molecule has 2 heterocycles. The van der Waals surface area contributed by atoms with Gasteiger partial charge in [-0.05, 0) is 36.5 Å². The highest BCUT2D eigenvalue weighted by molar-refractivity contribution is 5.77. The van der Waals surface area contributed by atoms with Crippen LogP contribution in [0.5, 0.6) is 0 Å². The molecule has 2 aromatic heterocycles. The van der Waals surface area contributed by atoms with Crippen LogP contribution in [0.3, 0.4) is 0 Å². The van der Waals surface area contributed by atoms with Crippen molar-refractivity contribution in [1.29, 1.82) is 0 Å². The monoisotopic (exact) mass is 392 g/mol. The van der Waals surface area contributed by atoms with Crippen molar-refractivity contribution in [1.82, 2.24) is 19.7 Å². The van der Waals surface area contributed by atoms with Crippen LogP contribution in [0.4, 0.5) is 13.2 Å². The van der Waals surface area contributed by atoms with Gasteiger partial charge in [0.25, 0.3) is 5.56 Å². The molecule has 1 unspecified atom stereocenters. The van der Waals surface area contributed by atoms with Crippen molar-refractivity contribution < 1.29 is 13.2 Å². The molecule has 0 saturated carbocycles. The van der Waals surface area contributed by atoms with Crippen molar-refractivity contribution in [2.75, 3.05) is 0 Å². The van der Waals surface area contributed by atoms with E-state index in [1.165, 1.54) is 12.1 Å². The first-order valence-electron chi connectivity index (χ1n) is 9.08. The van der Waals surface area contributed by atoms with E-state index >= 15 is 0 Å². The predicted molar refractivity (Wildman–Crippen MR) is 101 cm³/mol. The summed E-state index contributed by atoms with van der Waals surface area (Å²) in [4.78, 5) is 19.7. The highest BCUT2D eigenvalue weighted by Gasteiger charge is 2.34. The number of fused-ring (bicyclic) bond motifs is 1. The zero-order valence-electron chi connectivity index (χ0n) is 16.5. The van der Waals surface area contributed by atoms with E-state index in [9.17, 15) is 18.0 Å². The first kappa shape index (κ1) is 20.1. The third kappa shape index (κ3) is 3.55. The number of hydrogen-bond donors (Lipinski definition) is 1. The van der Waals surface area contributed by atoms with E-state index in [0.29, 0.717) is 34.5 Å². The summed E-state index contributed by atoms with van der Waals surface area (Å²) in [6, 6.07) is 4.69. The maximum Gasteiger partial charge on any atom is 0.416 e. The fraction of sp³-hybridized carbons (Fsp3) is 0.450. The molecule has 1 atom stereocenters. The van der Waals surface area contributed by atoms with Gasteiger partial charge in [-0.25, -0.2) is 9.67 Å². The minimum atomic E-state index is -4.39. The number of benzene rings is 1. The minimum Gasteiger partial charge on any atom is -0.310 e. The van der Waals surface area contributed by atoms with Crippen molar-refractivity contribution in [3.63, 3.8) is 0 Å². The summed E-state index contributed by atoms with van der Waals surface area (Å²) in [5, 5.41) is 5.06. The standard InChI is InChI=1S/C20H23F3N4O/c1-6-14-15-17(24-11(2)25-18(15)28)27(26-14)16(19(3,4)5)12-7-9-13(10-8-12)20(21,22)23/h7-10,16H,6H2,1-5H3,(H,24,25,28). The Morgan fingerprint density at radius 3 is 2.25 bits per heavy atom. The second kappa shape index (κ2) is 6.76. The smallest absolute Gasteiger partial charge is 0.310 e. The van der Waals surface area contributed by atoms with E-state index in [2.05, 4.69) is 15.1 Å². The lowest BCUT2D eigenvalue weighted by atomic mass is 9.82. The maximum atomic E-state index is 13.0. The first-order chi connectivity index (χ1) is 12.9. The summed E-state index contributed by atoms with van der Waals surface area (Å²) < 4.78 is 40.6. The van der Waals surface area contributed by atoms with Gasteiger partial charge in [-0.15, -0.1) is 0 Å². The predicted octanol–water partition coefficient (Wildman–Crippen LogP) is 4.64. The molecule has 1 aromatic carbocycles. The Bertz CT molecular complexity index is 1060. The van der Waals surface area contributed by atoms with Crippen LogP contribution in [0.25, 0.3) is 11.0 Å². The number of aromatic nitrogens is 4. The van der Waals surface area contributed by atoms with Crippen molar-refractivity contribution in [3.8, 4) is 0 Å². The van der Waals surface area contributed by atoms with Gasteiger partial charge in [0.1, 0.15) is 11.2 Å². The zero-order valence-corrected chi connectivity index (χ0v) is 16.5. The van der Waals surface area contributed by atoms with Crippen LogP contribution in [0.15, 0.2) is 29.1 Å². The molecular weight excluding hydrogens is 369 g/mol. The summed E-state index contributed by atoms with van der Waals surface area (Å²) in [6.45, 7) is 9.53. The molecule has 0 bridgehead atoms. The molecule has 5 nitrogen and oxygen atoms in total. The normalized spacial score (nSPS) is 13.9. The lowest BCUT2D eigenvalue weighted by Crippen LogP contribution is -2.27. The third-order valence-corrected chi connectivity index (χ3v) is 4.71. The van der Waals surface area contributed by atoms with E-state index in [0.717, 1.165) is 12.1 Å². The summed E-state index contributed by atoms with van der Waals surface area (Å²) >= 11 is 0. The SMILES string of the molecule is CCc1nn(C(c2ccc(C(F)(F)F)cc2)C(C)(C)C)c2nc(C)[nH]c(=O)c12. The average Bonchev–Trinajstić information content (AvgIpc) is 2.92.